The molecule has 0 saturated carbocycles. The molecule has 6 nitrogen and oxygen atoms in total. The van der Waals surface area contributed by atoms with Gasteiger partial charge in [-0.1, -0.05) is 5.21 Å². The molecular formula is C17H20F3N5O. The van der Waals surface area contributed by atoms with Crippen LogP contribution in [0.2, 0.25) is 0 Å². The first-order chi connectivity index (χ1) is 12.5. The van der Waals surface area contributed by atoms with Crippen LogP contribution < -0.4 is 4.90 Å². The van der Waals surface area contributed by atoms with Gasteiger partial charge in [-0.2, -0.15) is 13.2 Å². The van der Waals surface area contributed by atoms with Crippen LogP contribution in [0.3, 0.4) is 0 Å². The van der Waals surface area contributed by atoms with Crippen LogP contribution in [-0.2, 0) is 17.5 Å². The van der Waals surface area contributed by atoms with Crippen molar-refractivity contribution in [1.29, 1.82) is 0 Å². The van der Waals surface area contributed by atoms with Gasteiger partial charge in [-0.05, 0) is 37.8 Å². The fourth-order valence-corrected chi connectivity index (χ4v) is 4.24. The summed E-state index contributed by atoms with van der Waals surface area (Å²) in [4.78, 5) is 5.97. The molecule has 0 N–H and O–H groups in total. The van der Waals surface area contributed by atoms with E-state index in [0.717, 1.165) is 37.4 Å². The van der Waals surface area contributed by atoms with Crippen LogP contribution in [0.1, 0.15) is 43.0 Å². The lowest BCUT2D eigenvalue weighted by Crippen LogP contribution is -2.45. The SMILES string of the molecule is COCc1cn(C2CC3CCC(C2)N3c2ncccc2C(F)(F)F)nn1. The van der Waals surface area contributed by atoms with E-state index in [1.165, 1.54) is 12.3 Å². The van der Waals surface area contributed by atoms with Crippen LogP contribution >= 0.6 is 0 Å². The number of methoxy groups -OCH3 is 1. The highest BCUT2D eigenvalue weighted by atomic mass is 19.4. The van der Waals surface area contributed by atoms with E-state index in [1.54, 1.807) is 7.11 Å². The molecule has 0 spiro atoms. The first-order valence-corrected chi connectivity index (χ1v) is 8.67. The van der Waals surface area contributed by atoms with Crippen molar-refractivity contribution in [2.75, 3.05) is 12.0 Å². The van der Waals surface area contributed by atoms with Crippen molar-refractivity contribution in [1.82, 2.24) is 20.0 Å². The Kier molecular flexibility index (Phi) is 4.34. The standard InChI is InChI=1S/C17H20F3N5O/c1-26-10-11-9-24(23-22-11)14-7-12-4-5-13(8-14)25(12)16-15(17(18,19)20)3-2-6-21-16/h2-3,6,9,12-14H,4-5,7-8,10H2,1H3. The Bertz CT molecular complexity index is 764. The molecule has 2 aromatic rings. The number of anilines is 1. The van der Waals surface area contributed by atoms with Gasteiger partial charge in [0.05, 0.1) is 24.4 Å². The predicted molar refractivity (Wildman–Crippen MR) is 87.5 cm³/mol. The minimum Gasteiger partial charge on any atom is -0.378 e. The normalized spacial score (nSPS) is 25.7. The van der Waals surface area contributed by atoms with E-state index in [2.05, 4.69) is 15.3 Å². The monoisotopic (exact) mass is 367 g/mol. The molecule has 2 bridgehead atoms. The molecule has 140 valence electrons. The van der Waals surface area contributed by atoms with Gasteiger partial charge >= 0.3 is 6.18 Å². The Morgan fingerprint density at radius 1 is 1.19 bits per heavy atom. The van der Waals surface area contributed by atoms with Crippen LogP contribution in [0, 0.1) is 0 Å². The number of fused-ring (bicyclic) bond motifs is 2. The topological polar surface area (TPSA) is 56.1 Å². The van der Waals surface area contributed by atoms with Crippen LogP contribution in [0.15, 0.2) is 24.5 Å². The highest BCUT2D eigenvalue weighted by Crippen LogP contribution is 2.46. The zero-order chi connectivity index (χ0) is 18.3. The van der Waals surface area contributed by atoms with Gasteiger partial charge < -0.3 is 9.64 Å². The van der Waals surface area contributed by atoms with E-state index in [-0.39, 0.29) is 23.9 Å². The number of aromatic nitrogens is 4. The molecule has 2 fully saturated rings. The van der Waals surface area contributed by atoms with E-state index in [1.807, 2.05) is 15.8 Å². The van der Waals surface area contributed by atoms with Crippen LogP contribution in [0.5, 0.6) is 0 Å². The Hall–Kier alpha value is -2.16. The third kappa shape index (κ3) is 3.04. The van der Waals surface area contributed by atoms with Crippen LogP contribution in [0.25, 0.3) is 0 Å². The average molecular weight is 367 g/mol. The number of pyridine rings is 1. The summed E-state index contributed by atoms with van der Waals surface area (Å²) in [6.07, 6.45) is 2.11. The van der Waals surface area contributed by atoms with Gasteiger partial charge in [0.2, 0.25) is 0 Å². The molecule has 2 unspecified atom stereocenters. The fraction of sp³-hybridized carbons (Fsp3) is 0.588. The highest BCUT2D eigenvalue weighted by molar-refractivity contribution is 5.52. The van der Waals surface area contributed by atoms with Crippen molar-refractivity contribution >= 4 is 5.82 Å². The quantitative estimate of drug-likeness (QED) is 0.831. The highest BCUT2D eigenvalue weighted by Gasteiger charge is 2.45. The molecule has 26 heavy (non-hydrogen) atoms. The molecule has 4 rings (SSSR count). The number of piperidine rings is 1. The molecule has 2 aliphatic rings. The largest absolute Gasteiger partial charge is 0.419 e. The maximum absolute atomic E-state index is 13.4. The summed E-state index contributed by atoms with van der Waals surface area (Å²) in [5, 5.41) is 8.27. The summed E-state index contributed by atoms with van der Waals surface area (Å²) in [5.74, 6) is 0.0598. The van der Waals surface area contributed by atoms with E-state index in [4.69, 9.17) is 4.74 Å². The lowest BCUT2D eigenvalue weighted by atomic mass is 9.96. The summed E-state index contributed by atoms with van der Waals surface area (Å²) in [7, 11) is 1.60. The second-order valence-corrected chi connectivity index (χ2v) is 6.91. The predicted octanol–water partition coefficient (Wildman–Crippen LogP) is 3.21. The molecule has 0 aliphatic carbocycles. The fourth-order valence-electron chi connectivity index (χ4n) is 4.24. The number of alkyl halides is 3. The van der Waals surface area contributed by atoms with Crippen molar-refractivity contribution in [2.45, 2.75) is 56.6 Å². The summed E-state index contributed by atoms with van der Waals surface area (Å²) in [6.45, 7) is 0.397. The third-order valence-corrected chi connectivity index (χ3v) is 5.27. The third-order valence-electron chi connectivity index (χ3n) is 5.27. The van der Waals surface area contributed by atoms with Crippen molar-refractivity contribution < 1.29 is 17.9 Å². The Morgan fingerprint density at radius 3 is 2.58 bits per heavy atom. The van der Waals surface area contributed by atoms with Crippen molar-refractivity contribution in [3.63, 3.8) is 0 Å². The molecule has 2 aliphatic heterocycles. The second kappa shape index (κ2) is 6.53. The van der Waals surface area contributed by atoms with Gasteiger partial charge in [0, 0.05) is 25.4 Å². The van der Waals surface area contributed by atoms with Crippen molar-refractivity contribution in [2.24, 2.45) is 0 Å². The number of rotatable bonds is 4. The van der Waals surface area contributed by atoms with Gasteiger partial charge in [-0.25, -0.2) is 9.67 Å². The zero-order valence-corrected chi connectivity index (χ0v) is 14.4. The molecule has 0 aromatic carbocycles. The van der Waals surface area contributed by atoms with Gasteiger partial charge in [-0.15, -0.1) is 5.10 Å². The number of ether oxygens (including phenoxy) is 1. The number of nitrogens with zero attached hydrogens (tertiary/aromatic N) is 5. The van der Waals surface area contributed by atoms with Gasteiger partial charge in [-0.3, -0.25) is 0 Å². The molecule has 0 radical (unpaired) electrons. The van der Waals surface area contributed by atoms with E-state index in [9.17, 15) is 13.2 Å². The van der Waals surface area contributed by atoms with Gasteiger partial charge in [0.15, 0.2) is 0 Å². The summed E-state index contributed by atoms with van der Waals surface area (Å²) < 4.78 is 47.1. The number of halogens is 3. The van der Waals surface area contributed by atoms with Gasteiger partial charge in [0.1, 0.15) is 11.5 Å². The molecule has 2 aromatic heterocycles. The van der Waals surface area contributed by atoms with Crippen molar-refractivity contribution in [3.8, 4) is 0 Å². The first kappa shape index (κ1) is 17.3. The van der Waals surface area contributed by atoms with E-state index in [0.29, 0.717) is 6.61 Å². The molecule has 2 atom stereocenters. The van der Waals surface area contributed by atoms with Crippen LogP contribution in [0.4, 0.5) is 19.0 Å². The lowest BCUT2D eigenvalue weighted by Gasteiger charge is -2.40. The maximum atomic E-state index is 13.4. The Balaban J connectivity index is 1.58. The van der Waals surface area contributed by atoms with Gasteiger partial charge in [0.25, 0.3) is 0 Å². The summed E-state index contributed by atoms with van der Waals surface area (Å²) >= 11 is 0. The Morgan fingerprint density at radius 2 is 1.92 bits per heavy atom. The van der Waals surface area contributed by atoms with E-state index >= 15 is 0 Å². The Labute approximate surface area is 149 Å². The van der Waals surface area contributed by atoms with E-state index < -0.39 is 11.7 Å². The summed E-state index contributed by atoms with van der Waals surface area (Å²) in [6, 6.07) is 2.66. The lowest BCUT2D eigenvalue weighted by molar-refractivity contribution is -0.137. The number of hydrogen-bond donors (Lipinski definition) is 0. The maximum Gasteiger partial charge on any atom is 0.419 e. The minimum atomic E-state index is -4.40. The van der Waals surface area contributed by atoms with Crippen LogP contribution in [-0.4, -0.2) is 39.2 Å². The number of hydrogen-bond acceptors (Lipinski definition) is 5. The molecule has 4 heterocycles. The molecule has 0 amide bonds. The molecule has 9 heteroatoms. The average Bonchev–Trinajstić information content (AvgIpc) is 3.17. The zero-order valence-electron chi connectivity index (χ0n) is 14.4. The smallest absolute Gasteiger partial charge is 0.378 e. The summed E-state index contributed by atoms with van der Waals surface area (Å²) in [5.41, 5.74) is 0.102. The minimum absolute atomic E-state index is 0.0322. The molecular weight excluding hydrogens is 347 g/mol. The molecule has 2 saturated heterocycles. The second-order valence-electron chi connectivity index (χ2n) is 6.91. The first-order valence-electron chi connectivity index (χ1n) is 8.67. The van der Waals surface area contributed by atoms with Crippen molar-refractivity contribution in [3.05, 3.63) is 35.8 Å².